The minimum Gasteiger partial charge on any atom is -0.384 e. The molecular formula is C36H34FN9. The molecule has 0 unspecified atom stereocenters. The van der Waals surface area contributed by atoms with Crippen molar-refractivity contribution in [3.05, 3.63) is 114 Å². The van der Waals surface area contributed by atoms with Crippen molar-refractivity contribution in [3.8, 4) is 33.9 Å². The molecule has 46 heavy (non-hydrogen) atoms. The summed E-state index contributed by atoms with van der Waals surface area (Å²) in [5.41, 5.74) is 9.36. The van der Waals surface area contributed by atoms with Crippen LogP contribution in [0.15, 0.2) is 97.5 Å². The molecule has 4 heterocycles. The number of hydrogen-bond donors (Lipinski definition) is 4. The minimum absolute atomic E-state index is 0.337. The second-order valence-electron chi connectivity index (χ2n) is 11.6. The molecule has 0 aliphatic rings. The summed E-state index contributed by atoms with van der Waals surface area (Å²) in [5, 5.41) is 15.5. The summed E-state index contributed by atoms with van der Waals surface area (Å²) in [6.07, 6.45) is 5.48. The second-order valence-corrected chi connectivity index (χ2v) is 11.6. The van der Waals surface area contributed by atoms with Gasteiger partial charge in [0.25, 0.3) is 0 Å². The fraction of sp³-hybridized carbons (Fsp3) is 0.167. The van der Waals surface area contributed by atoms with E-state index in [1.54, 1.807) is 6.20 Å². The summed E-state index contributed by atoms with van der Waals surface area (Å²) in [6.45, 7) is 3.02. The highest BCUT2D eigenvalue weighted by molar-refractivity contribution is 5.97. The van der Waals surface area contributed by atoms with Gasteiger partial charge in [-0.05, 0) is 73.3 Å². The zero-order valence-corrected chi connectivity index (χ0v) is 25.7. The number of aromatic amines is 2. The number of hydrogen-bond acceptors (Lipinski definition) is 7. The molecule has 9 nitrogen and oxygen atoms in total. The molecule has 0 radical (unpaired) electrons. The predicted molar refractivity (Wildman–Crippen MR) is 182 cm³/mol. The van der Waals surface area contributed by atoms with E-state index in [0.717, 1.165) is 46.2 Å². The van der Waals surface area contributed by atoms with Gasteiger partial charge in [-0.15, -0.1) is 0 Å². The van der Waals surface area contributed by atoms with Crippen molar-refractivity contribution in [2.75, 3.05) is 32.5 Å². The molecule has 230 valence electrons. The van der Waals surface area contributed by atoms with Gasteiger partial charge in [-0.3, -0.25) is 15.1 Å². The van der Waals surface area contributed by atoms with Gasteiger partial charge in [-0.25, -0.2) is 9.37 Å². The summed E-state index contributed by atoms with van der Waals surface area (Å²) in [4.78, 5) is 19.5. The third-order valence-corrected chi connectivity index (χ3v) is 7.88. The Morgan fingerprint density at radius 3 is 2.54 bits per heavy atom. The maximum atomic E-state index is 14.7. The highest BCUT2D eigenvalue weighted by atomic mass is 19.1. The summed E-state index contributed by atoms with van der Waals surface area (Å²) in [6, 6.07) is 25.5. The number of benzene rings is 3. The van der Waals surface area contributed by atoms with Crippen LogP contribution in [0.2, 0.25) is 0 Å². The molecule has 0 saturated heterocycles. The first-order valence-electron chi connectivity index (χ1n) is 15.2. The molecule has 10 heteroatoms. The van der Waals surface area contributed by atoms with Crippen LogP contribution < -0.4 is 10.6 Å². The first kappa shape index (κ1) is 29.3. The van der Waals surface area contributed by atoms with E-state index >= 15 is 0 Å². The largest absolute Gasteiger partial charge is 0.384 e. The van der Waals surface area contributed by atoms with E-state index in [1.807, 2.05) is 62.9 Å². The Morgan fingerprint density at radius 2 is 1.67 bits per heavy atom. The number of pyridine rings is 2. The van der Waals surface area contributed by atoms with E-state index in [2.05, 4.69) is 71.0 Å². The van der Waals surface area contributed by atoms with Crippen molar-refractivity contribution >= 4 is 27.6 Å². The van der Waals surface area contributed by atoms with Crippen molar-refractivity contribution in [2.45, 2.75) is 13.1 Å². The zero-order valence-electron chi connectivity index (χ0n) is 25.7. The fourth-order valence-corrected chi connectivity index (χ4v) is 5.57. The average molecular weight is 612 g/mol. The Hall–Kier alpha value is -5.45. The van der Waals surface area contributed by atoms with Gasteiger partial charge in [-0.2, -0.15) is 5.10 Å². The molecule has 0 saturated carbocycles. The highest BCUT2D eigenvalue weighted by Crippen LogP contribution is 2.33. The molecule has 0 spiro atoms. The van der Waals surface area contributed by atoms with Crippen LogP contribution in [0.3, 0.4) is 0 Å². The third kappa shape index (κ3) is 6.35. The Kier molecular flexibility index (Phi) is 8.20. The van der Waals surface area contributed by atoms with E-state index in [1.165, 1.54) is 17.7 Å². The van der Waals surface area contributed by atoms with Crippen LogP contribution in [-0.2, 0) is 13.1 Å². The quantitative estimate of drug-likeness (QED) is 0.130. The summed E-state index contributed by atoms with van der Waals surface area (Å²) in [5.74, 6) is 0.265. The van der Waals surface area contributed by atoms with E-state index in [-0.39, 0.29) is 5.82 Å². The summed E-state index contributed by atoms with van der Waals surface area (Å²) < 4.78 is 14.7. The third-order valence-electron chi connectivity index (χ3n) is 7.88. The lowest BCUT2D eigenvalue weighted by Gasteiger charge is -2.12. The number of fused-ring (bicyclic) bond motifs is 2. The first-order valence-corrected chi connectivity index (χ1v) is 15.2. The van der Waals surface area contributed by atoms with Crippen molar-refractivity contribution in [3.63, 3.8) is 0 Å². The van der Waals surface area contributed by atoms with Gasteiger partial charge in [0, 0.05) is 67.0 Å². The summed E-state index contributed by atoms with van der Waals surface area (Å²) >= 11 is 0. The van der Waals surface area contributed by atoms with E-state index in [9.17, 15) is 4.39 Å². The van der Waals surface area contributed by atoms with Crippen LogP contribution in [-0.4, -0.2) is 62.2 Å². The maximum absolute atomic E-state index is 14.7. The van der Waals surface area contributed by atoms with Crippen LogP contribution in [0.5, 0.6) is 0 Å². The van der Waals surface area contributed by atoms with Crippen LogP contribution in [0.4, 0.5) is 10.1 Å². The molecule has 0 bridgehead atoms. The number of nitrogens with zero attached hydrogens (tertiary/aromatic N) is 5. The summed E-state index contributed by atoms with van der Waals surface area (Å²) in [7, 11) is 4.01. The molecule has 7 aromatic rings. The van der Waals surface area contributed by atoms with Gasteiger partial charge in [0.2, 0.25) is 0 Å². The number of aromatic nitrogens is 6. The van der Waals surface area contributed by atoms with Gasteiger partial charge < -0.3 is 20.5 Å². The topological polar surface area (TPSA) is 110 Å². The number of nitrogens with one attached hydrogen (secondary N) is 4. The lowest BCUT2D eigenvalue weighted by Crippen LogP contribution is -2.20. The van der Waals surface area contributed by atoms with Crippen LogP contribution >= 0.6 is 0 Å². The molecule has 0 fully saturated rings. The molecule has 4 N–H and O–H groups in total. The fourth-order valence-electron chi connectivity index (χ4n) is 5.57. The lowest BCUT2D eigenvalue weighted by atomic mass is 10.0. The molecule has 7 rings (SSSR count). The number of rotatable bonds is 11. The van der Waals surface area contributed by atoms with Crippen molar-refractivity contribution in [1.29, 1.82) is 0 Å². The van der Waals surface area contributed by atoms with Crippen LogP contribution in [0.25, 0.3) is 55.8 Å². The number of halogens is 1. The first-order chi connectivity index (χ1) is 22.5. The number of likely N-dealkylation sites (N-methyl/N-ethyl adjacent to an activating group) is 1. The molecular weight excluding hydrogens is 577 g/mol. The van der Waals surface area contributed by atoms with Crippen molar-refractivity contribution in [2.24, 2.45) is 0 Å². The normalized spacial score (nSPS) is 11.6. The lowest BCUT2D eigenvalue weighted by molar-refractivity contribution is 0.425. The Labute approximate surface area is 266 Å². The van der Waals surface area contributed by atoms with Crippen molar-refractivity contribution in [1.82, 2.24) is 40.3 Å². The molecule has 0 amide bonds. The van der Waals surface area contributed by atoms with E-state index < -0.39 is 0 Å². The SMILES string of the molecule is CN(C)CCNc1cc(F)cc(-c2nccc3[nH]c(-c4n[nH]c5ccc(-c6cncc(CNCc7ccccc7)c6)cc45)nc23)c1. The second kappa shape index (κ2) is 12.9. The smallest absolute Gasteiger partial charge is 0.159 e. The van der Waals surface area contributed by atoms with Gasteiger partial charge in [0.1, 0.15) is 17.0 Å². The predicted octanol–water partition coefficient (Wildman–Crippen LogP) is 6.63. The molecule has 0 aliphatic heterocycles. The molecule has 4 aromatic heterocycles. The van der Waals surface area contributed by atoms with Gasteiger partial charge in [0.15, 0.2) is 5.82 Å². The number of anilines is 1. The Morgan fingerprint density at radius 1 is 0.804 bits per heavy atom. The van der Waals surface area contributed by atoms with Gasteiger partial charge in [-0.1, -0.05) is 36.4 Å². The minimum atomic E-state index is -0.337. The van der Waals surface area contributed by atoms with Gasteiger partial charge >= 0.3 is 0 Å². The standard InChI is InChI=1S/C36H34FN9/c1-46(2)13-12-40-29-16-26(15-28(37)18-29)33-35-32(10-11-41-33)42-36(43-35)34-30-17-25(8-9-31(30)44-45-34)27-14-24(21-39-22-27)20-38-19-23-6-4-3-5-7-23/h3-11,14-18,21-22,38,40H,12-13,19-20H2,1-2H3,(H,42,43)(H,44,45). The monoisotopic (exact) mass is 611 g/mol. The average Bonchev–Trinajstić information content (AvgIpc) is 3.69. The number of imidazole rings is 1. The molecule has 0 atom stereocenters. The van der Waals surface area contributed by atoms with Crippen molar-refractivity contribution < 1.29 is 4.39 Å². The zero-order chi connectivity index (χ0) is 31.5. The maximum Gasteiger partial charge on any atom is 0.159 e. The Balaban J connectivity index is 1.17. The van der Waals surface area contributed by atoms with E-state index in [4.69, 9.17) is 4.98 Å². The molecule has 0 aliphatic carbocycles. The Bertz CT molecular complexity index is 2120. The van der Waals surface area contributed by atoms with Crippen LogP contribution in [0, 0.1) is 5.82 Å². The highest BCUT2D eigenvalue weighted by Gasteiger charge is 2.17. The number of H-pyrrole nitrogens is 2. The molecule has 3 aromatic carbocycles. The van der Waals surface area contributed by atoms with Crippen LogP contribution in [0.1, 0.15) is 11.1 Å². The van der Waals surface area contributed by atoms with E-state index in [0.29, 0.717) is 47.1 Å². The van der Waals surface area contributed by atoms with Gasteiger partial charge in [0.05, 0.1) is 16.7 Å².